The van der Waals surface area contributed by atoms with Crippen molar-refractivity contribution >= 4 is 0 Å². The Bertz CT molecular complexity index is 268. The van der Waals surface area contributed by atoms with Gasteiger partial charge in [-0.3, -0.25) is 0 Å². The number of nitrogens with one attached hydrogen (secondary N) is 1. The van der Waals surface area contributed by atoms with Gasteiger partial charge in [0.15, 0.2) is 0 Å². The minimum absolute atomic E-state index is 0.198. The molecule has 0 heterocycles. The molecule has 2 N–H and O–H groups in total. The van der Waals surface area contributed by atoms with Gasteiger partial charge in [-0.2, -0.15) is 0 Å². The van der Waals surface area contributed by atoms with Crippen molar-refractivity contribution in [3.05, 3.63) is 35.4 Å². The van der Waals surface area contributed by atoms with E-state index < -0.39 is 0 Å². The van der Waals surface area contributed by atoms with Crippen LogP contribution in [-0.4, -0.2) is 18.3 Å². The van der Waals surface area contributed by atoms with Crippen molar-refractivity contribution in [2.45, 2.75) is 32.7 Å². The van der Waals surface area contributed by atoms with Crippen molar-refractivity contribution in [3.8, 4) is 0 Å². The average molecular weight is 207 g/mol. The Morgan fingerprint density at radius 3 is 2.33 bits per heavy atom. The molecule has 0 radical (unpaired) electrons. The highest BCUT2D eigenvalue weighted by Gasteiger charge is 2.07. The summed E-state index contributed by atoms with van der Waals surface area (Å²) in [5.74, 6) is 0. The van der Waals surface area contributed by atoms with Crippen LogP contribution >= 0.6 is 0 Å². The Morgan fingerprint density at radius 1 is 1.20 bits per heavy atom. The summed E-state index contributed by atoms with van der Waals surface area (Å²) >= 11 is 0. The lowest BCUT2D eigenvalue weighted by Gasteiger charge is -2.17. The molecular formula is C13H21NO. The molecule has 1 rings (SSSR count). The smallest absolute Gasteiger partial charge is 0.0556 e. The summed E-state index contributed by atoms with van der Waals surface area (Å²) in [6.45, 7) is 5.18. The monoisotopic (exact) mass is 207 g/mol. The van der Waals surface area contributed by atoms with E-state index in [1.54, 1.807) is 0 Å². The van der Waals surface area contributed by atoms with Crippen molar-refractivity contribution in [1.82, 2.24) is 5.32 Å². The maximum atomic E-state index is 8.78. The quantitative estimate of drug-likeness (QED) is 0.750. The van der Waals surface area contributed by atoms with Gasteiger partial charge in [0, 0.05) is 12.6 Å². The predicted molar refractivity (Wildman–Crippen MR) is 63.9 cm³/mol. The van der Waals surface area contributed by atoms with E-state index in [9.17, 15) is 0 Å². The molecule has 0 aliphatic carbocycles. The summed E-state index contributed by atoms with van der Waals surface area (Å²) in [7, 11) is 0. The maximum Gasteiger partial charge on any atom is 0.0556 e. The highest BCUT2D eigenvalue weighted by Crippen LogP contribution is 2.17. The zero-order valence-electron chi connectivity index (χ0n) is 9.66. The van der Waals surface area contributed by atoms with Crippen LogP contribution in [0.2, 0.25) is 0 Å². The SMILES string of the molecule is CCc1ccc(C(CC)NCCO)cc1. The van der Waals surface area contributed by atoms with Gasteiger partial charge in [-0.15, -0.1) is 0 Å². The van der Waals surface area contributed by atoms with Gasteiger partial charge in [-0.05, 0) is 24.0 Å². The fourth-order valence-corrected chi connectivity index (χ4v) is 1.72. The largest absolute Gasteiger partial charge is 0.395 e. The lowest BCUT2D eigenvalue weighted by atomic mass is 10.0. The second kappa shape index (κ2) is 6.59. The number of rotatable bonds is 6. The second-order valence-electron chi connectivity index (χ2n) is 3.73. The molecular weight excluding hydrogens is 186 g/mol. The topological polar surface area (TPSA) is 32.3 Å². The molecule has 1 aromatic carbocycles. The van der Waals surface area contributed by atoms with Crippen molar-refractivity contribution in [2.24, 2.45) is 0 Å². The molecule has 0 fully saturated rings. The van der Waals surface area contributed by atoms with Crippen molar-refractivity contribution in [1.29, 1.82) is 0 Å². The Labute approximate surface area is 92.3 Å². The Balaban J connectivity index is 2.65. The van der Waals surface area contributed by atoms with Gasteiger partial charge in [-0.1, -0.05) is 38.1 Å². The fourth-order valence-electron chi connectivity index (χ4n) is 1.72. The van der Waals surface area contributed by atoms with E-state index in [1.807, 2.05) is 0 Å². The third-order valence-electron chi connectivity index (χ3n) is 2.70. The molecule has 2 heteroatoms. The van der Waals surface area contributed by atoms with Crippen LogP contribution in [-0.2, 0) is 6.42 Å². The maximum absolute atomic E-state index is 8.78. The number of aryl methyl sites for hydroxylation is 1. The van der Waals surface area contributed by atoms with Crippen LogP contribution in [0.25, 0.3) is 0 Å². The lowest BCUT2D eigenvalue weighted by Crippen LogP contribution is -2.23. The van der Waals surface area contributed by atoms with Crippen LogP contribution in [0.15, 0.2) is 24.3 Å². The Kier molecular flexibility index (Phi) is 5.37. The minimum Gasteiger partial charge on any atom is -0.395 e. The summed E-state index contributed by atoms with van der Waals surface area (Å²) in [6, 6.07) is 9.08. The molecule has 0 aliphatic heterocycles. The first-order valence-corrected chi connectivity index (χ1v) is 5.74. The molecule has 0 saturated carbocycles. The average Bonchev–Trinajstić information content (AvgIpc) is 2.31. The molecule has 15 heavy (non-hydrogen) atoms. The van der Waals surface area contributed by atoms with Crippen LogP contribution in [0.5, 0.6) is 0 Å². The molecule has 0 spiro atoms. The van der Waals surface area contributed by atoms with Crippen molar-refractivity contribution < 1.29 is 5.11 Å². The van der Waals surface area contributed by atoms with Crippen LogP contribution in [0.4, 0.5) is 0 Å². The molecule has 0 amide bonds. The van der Waals surface area contributed by atoms with Gasteiger partial charge in [-0.25, -0.2) is 0 Å². The summed E-state index contributed by atoms with van der Waals surface area (Å²) in [6.07, 6.45) is 2.13. The number of benzene rings is 1. The highest BCUT2D eigenvalue weighted by molar-refractivity contribution is 5.24. The first-order valence-electron chi connectivity index (χ1n) is 5.74. The minimum atomic E-state index is 0.198. The molecule has 1 unspecified atom stereocenters. The standard InChI is InChI=1S/C13H21NO/c1-3-11-5-7-12(8-6-11)13(4-2)14-9-10-15/h5-8,13-15H,3-4,9-10H2,1-2H3. The third-order valence-corrected chi connectivity index (χ3v) is 2.70. The van der Waals surface area contributed by atoms with Crippen LogP contribution in [0.3, 0.4) is 0 Å². The lowest BCUT2D eigenvalue weighted by molar-refractivity contribution is 0.283. The Hall–Kier alpha value is -0.860. The molecule has 0 aliphatic rings. The third kappa shape index (κ3) is 3.65. The molecule has 1 atom stereocenters. The normalized spacial score (nSPS) is 12.7. The van der Waals surface area contributed by atoms with E-state index in [0.717, 1.165) is 12.8 Å². The molecule has 84 valence electrons. The second-order valence-corrected chi connectivity index (χ2v) is 3.73. The van der Waals surface area contributed by atoms with Gasteiger partial charge >= 0.3 is 0 Å². The van der Waals surface area contributed by atoms with Crippen LogP contribution in [0, 0.1) is 0 Å². The van der Waals surface area contributed by atoms with E-state index in [1.165, 1.54) is 11.1 Å². The summed E-state index contributed by atoms with van der Waals surface area (Å²) < 4.78 is 0. The van der Waals surface area contributed by atoms with Crippen LogP contribution < -0.4 is 5.32 Å². The Morgan fingerprint density at radius 2 is 1.87 bits per heavy atom. The van der Waals surface area contributed by atoms with E-state index >= 15 is 0 Å². The van der Waals surface area contributed by atoms with Gasteiger partial charge in [0.2, 0.25) is 0 Å². The molecule has 0 saturated heterocycles. The zero-order chi connectivity index (χ0) is 11.1. The first kappa shape index (κ1) is 12.2. The fraction of sp³-hybridized carbons (Fsp3) is 0.538. The zero-order valence-corrected chi connectivity index (χ0v) is 9.66. The molecule has 0 aromatic heterocycles. The molecule has 2 nitrogen and oxygen atoms in total. The highest BCUT2D eigenvalue weighted by atomic mass is 16.3. The van der Waals surface area contributed by atoms with E-state index in [2.05, 4.69) is 43.4 Å². The summed E-state index contributed by atoms with van der Waals surface area (Å²) in [5.41, 5.74) is 2.68. The van der Waals surface area contributed by atoms with Gasteiger partial charge in [0.1, 0.15) is 0 Å². The number of hydrogen-bond donors (Lipinski definition) is 2. The molecule has 0 bridgehead atoms. The van der Waals surface area contributed by atoms with E-state index in [-0.39, 0.29) is 6.61 Å². The summed E-state index contributed by atoms with van der Waals surface area (Å²) in [5, 5.41) is 12.1. The van der Waals surface area contributed by atoms with Crippen molar-refractivity contribution in [2.75, 3.05) is 13.2 Å². The number of hydrogen-bond acceptors (Lipinski definition) is 2. The predicted octanol–water partition coefficient (Wildman–Crippen LogP) is 2.28. The van der Waals surface area contributed by atoms with Gasteiger partial charge in [0.25, 0.3) is 0 Å². The molecule has 1 aromatic rings. The number of aliphatic hydroxyl groups excluding tert-OH is 1. The first-order chi connectivity index (χ1) is 7.31. The summed E-state index contributed by atoms with van der Waals surface area (Å²) in [4.78, 5) is 0. The van der Waals surface area contributed by atoms with Gasteiger partial charge in [0.05, 0.1) is 6.61 Å². The van der Waals surface area contributed by atoms with E-state index in [0.29, 0.717) is 12.6 Å². The van der Waals surface area contributed by atoms with Gasteiger partial charge < -0.3 is 10.4 Å². The van der Waals surface area contributed by atoms with Crippen LogP contribution in [0.1, 0.15) is 37.4 Å². The van der Waals surface area contributed by atoms with Crippen molar-refractivity contribution in [3.63, 3.8) is 0 Å². The number of aliphatic hydroxyl groups is 1. The van der Waals surface area contributed by atoms with E-state index in [4.69, 9.17) is 5.11 Å².